The Morgan fingerprint density at radius 2 is 1.82 bits per heavy atom. The van der Waals surface area contributed by atoms with E-state index in [2.05, 4.69) is 30.5 Å². The maximum absolute atomic E-state index is 12.9. The lowest BCUT2D eigenvalue weighted by atomic mass is 10.1. The first-order chi connectivity index (χ1) is 16.0. The van der Waals surface area contributed by atoms with Crippen molar-refractivity contribution in [2.24, 2.45) is 0 Å². The second-order valence-corrected chi connectivity index (χ2v) is 8.98. The molecule has 0 bridgehead atoms. The molecule has 0 radical (unpaired) electrons. The highest BCUT2D eigenvalue weighted by Crippen LogP contribution is 2.33. The third kappa shape index (κ3) is 4.21. The molecule has 1 aliphatic heterocycles. The number of para-hydroxylation sites is 2. The van der Waals surface area contributed by atoms with Gasteiger partial charge >= 0.3 is 0 Å². The summed E-state index contributed by atoms with van der Waals surface area (Å²) in [6, 6.07) is 21.7. The SMILES string of the molecule is Cc1cccc(OCCn2c(C3CC(=O)N(c4ccc(Cl)cc4)C3)nc3ccccc32)c1C. The first-order valence-corrected chi connectivity index (χ1v) is 11.6. The molecular formula is C27H26ClN3O2. The van der Waals surface area contributed by atoms with Crippen LogP contribution in [-0.4, -0.2) is 28.6 Å². The molecule has 33 heavy (non-hydrogen) atoms. The first kappa shape index (κ1) is 21.5. The van der Waals surface area contributed by atoms with Crippen LogP contribution in [0.3, 0.4) is 0 Å². The van der Waals surface area contributed by atoms with Crippen molar-refractivity contribution >= 4 is 34.2 Å². The number of nitrogens with zero attached hydrogens (tertiary/aromatic N) is 3. The maximum Gasteiger partial charge on any atom is 0.227 e. The van der Waals surface area contributed by atoms with E-state index >= 15 is 0 Å². The van der Waals surface area contributed by atoms with E-state index in [-0.39, 0.29) is 11.8 Å². The fourth-order valence-corrected chi connectivity index (χ4v) is 4.65. The molecule has 1 aromatic heterocycles. The summed E-state index contributed by atoms with van der Waals surface area (Å²) in [5.74, 6) is 1.96. The van der Waals surface area contributed by atoms with E-state index in [4.69, 9.17) is 21.3 Å². The van der Waals surface area contributed by atoms with Crippen LogP contribution in [0.15, 0.2) is 66.7 Å². The van der Waals surface area contributed by atoms with E-state index in [1.54, 1.807) is 0 Å². The van der Waals surface area contributed by atoms with Gasteiger partial charge in [0, 0.05) is 29.6 Å². The van der Waals surface area contributed by atoms with Crippen LogP contribution >= 0.6 is 11.6 Å². The lowest BCUT2D eigenvalue weighted by molar-refractivity contribution is -0.117. The lowest BCUT2D eigenvalue weighted by Crippen LogP contribution is -2.24. The highest BCUT2D eigenvalue weighted by molar-refractivity contribution is 6.30. The van der Waals surface area contributed by atoms with Crippen LogP contribution in [-0.2, 0) is 11.3 Å². The van der Waals surface area contributed by atoms with Crippen molar-refractivity contribution in [1.29, 1.82) is 0 Å². The standard InChI is InChI=1S/C27H26ClN3O2/c1-18-6-5-9-25(19(18)2)33-15-14-30-24-8-4-3-7-23(24)29-27(30)20-16-26(32)31(17-20)22-12-10-21(28)11-13-22/h3-13,20H,14-17H2,1-2H3. The largest absolute Gasteiger partial charge is 0.491 e. The van der Waals surface area contributed by atoms with Gasteiger partial charge in [-0.15, -0.1) is 0 Å². The molecule has 5 nitrogen and oxygen atoms in total. The van der Waals surface area contributed by atoms with Gasteiger partial charge in [0.15, 0.2) is 0 Å². The maximum atomic E-state index is 12.9. The van der Waals surface area contributed by atoms with Crippen molar-refractivity contribution in [2.45, 2.75) is 32.7 Å². The summed E-state index contributed by atoms with van der Waals surface area (Å²) in [5, 5.41) is 0.660. The molecule has 1 unspecified atom stereocenters. The second-order valence-electron chi connectivity index (χ2n) is 8.54. The molecule has 0 N–H and O–H groups in total. The van der Waals surface area contributed by atoms with Crippen LogP contribution < -0.4 is 9.64 Å². The minimum Gasteiger partial charge on any atom is -0.491 e. The monoisotopic (exact) mass is 459 g/mol. The third-order valence-corrected chi connectivity index (χ3v) is 6.69. The molecule has 1 fully saturated rings. The van der Waals surface area contributed by atoms with Gasteiger partial charge in [-0.3, -0.25) is 4.79 Å². The van der Waals surface area contributed by atoms with Crippen LogP contribution in [0.5, 0.6) is 5.75 Å². The van der Waals surface area contributed by atoms with E-state index in [1.165, 1.54) is 5.56 Å². The number of carbonyl (C=O) groups excluding carboxylic acids is 1. The summed E-state index contributed by atoms with van der Waals surface area (Å²) >= 11 is 6.03. The number of benzene rings is 3. The molecule has 6 heteroatoms. The summed E-state index contributed by atoms with van der Waals surface area (Å²) in [5.41, 5.74) is 5.25. The van der Waals surface area contributed by atoms with E-state index < -0.39 is 0 Å². The Balaban J connectivity index is 1.40. The van der Waals surface area contributed by atoms with Crippen molar-refractivity contribution in [2.75, 3.05) is 18.1 Å². The summed E-state index contributed by atoms with van der Waals surface area (Å²) in [6.07, 6.45) is 0.434. The topological polar surface area (TPSA) is 47.4 Å². The van der Waals surface area contributed by atoms with Crippen LogP contribution in [0, 0.1) is 13.8 Å². The van der Waals surface area contributed by atoms with Gasteiger partial charge in [-0.05, 0) is 67.4 Å². The number of hydrogen-bond donors (Lipinski definition) is 0. The number of carbonyl (C=O) groups is 1. The van der Waals surface area contributed by atoms with Crippen LogP contribution in [0.25, 0.3) is 11.0 Å². The Labute approximate surface area is 198 Å². The van der Waals surface area contributed by atoms with E-state index in [0.717, 1.165) is 33.9 Å². The quantitative estimate of drug-likeness (QED) is 0.360. The summed E-state index contributed by atoms with van der Waals surface area (Å²) in [7, 11) is 0. The smallest absolute Gasteiger partial charge is 0.227 e. The Morgan fingerprint density at radius 3 is 2.64 bits per heavy atom. The number of imidazole rings is 1. The number of hydrogen-bond acceptors (Lipinski definition) is 3. The normalized spacial score (nSPS) is 16.0. The number of ether oxygens (including phenoxy) is 1. The number of halogens is 1. The van der Waals surface area contributed by atoms with Crippen LogP contribution in [0.2, 0.25) is 5.02 Å². The molecule has 1 aliphatic rings. The van der Waals surface area contributed by atoms with Gasteiger partial charge < -0.3 is 14.2 Å². The van der Waals surface area contributed by atoms with Crippen LogP contribution in [0.1, 0.15) is 29.3 Å². The number of aryl methyl sites for hydroxylation is 1. The zero-order chi connectivity index (χ0) is 22.9. The Morgan fingerprint density at radius 1 is 1.03 bits per heavy atom. The highest BCUT2D eigenvalue weighted by atomic mass is 35.5. The molecule has 2 heterocycles. The zero-order valence-electron chi connectivity index (χ0n) is 18.8. The number of fused-ring (bicyclic) bond motifs is 1. The zero-order valence-corrected chi connectivity index (χ0v) is 19.5. The Bertz CT molecular complexity index is 1310. The highest BCUT2D eigenvalue weighted by Gasteiger charge is 2.34. The predicted octanol–water partition coefficient (Wildman–Crippen LogP) is 5.91. The van der Waals surface area contributed by atoms with Gasteiger partial charge in [-0.1, -0.05) is 35.9 Å². The minimum absolute atomic E-state index is 0.0151. The lowest BCUT2D eigenvalue weighted by Gasteiger charge is -2.18. The molecular weight excluding hydrogens is 434 g/mol. The molecule has 3 aromatic carbocycles. The van der Waals surface area contributed by atoms with Gasteiger partial charge in [-0.2, -0.15) is 0 Å². The predicted molar refractivity (Wildman–Crippen MR) is 132 cm³/mol. The molecule has 5 rings (SSSR count). The molecule has 0 aliphatic carbocycles. The van der Waals surface area contributed by atoms with E-state index in [1.807, 2.05) is 59.5 Å². The van der Waals surface area contributed by atoms with E-state index in [0.29, 0.717) is 31.1 Å². The first-order valence-electron chi connectivity index (χ1n) is 11.2. The van der Waals surface area contributed by atoms with Crippen molar-refractivity contribution in [3.05, 3.63) is 88.7 Å². The average molecular weight is 460 g/mol. The van der Waals surface area contributed by atoms with Gasteiger partial charge in [0.05, 0.1) is 17.6 Å². The van der Waals surface area contributed by atoms with Crippen molar-refractivity contribution in [3.8, 4) is 5.75 Å². The Hall–Kier alpha value is -3.31. The molecule has 0 spiro atoms. The molecule has 4 aromatic rings. The van der Waals surface area contributed by atoms with E-state index in [9.17, 15) is 4.79 Å². The summed E-state index contributed by atoms with van der Waals surface area (Å²) < 4.78 is 8.35. The molecule has 168 valence electrons. The number of aromatic nitrogens is 2. The second kappa shape index (κ2) is 8.91. The number of rotatable bonds is 6. The van der Waals surface area contributed by atoms with Crippen molar-refractivity contribution in [1.82, 2.24) is 9.55 Å². The molecule has 1 amide bonds. The molecule has 1 saturated heterocycles. The fourth-order valence-electron chi connectivity index (χ4n) is 4.52. The molecule has 0 saturated carbocycles. The van der Waals surface area contributed by atoms with Gasteiger partial charge in [-0.25, -0.2) is 4.98 Å². The van der Waals surface area contributed by atoms with Gasteiger partial charge in [0.25, 0.3) is 0 Å². The van der Waals surface area contributed by atoms with Crippen molar-refractivity contribution < 1.29 is 9.53 Å². The summed E-state index contributed by atoms with van der Waals surface area (Å²) in [6.45, 7) is 5.96. The fraction of sp³-hybridized carbons (Fsp3) is 0.259. The number of anilines is 1. The minimum atomic E-state index is 0.0151. The Kier molecular flexibility index (Phi) is 5.81. The van der Waals surface area contributed by atoms with Crippen LogP contribution in [0.4, 0.5) is 5.69 Å². The molecule has 1 atom stereocenters. The average Bonchev–Trinajstić information content (AvgIpc) is 3.38. The third-order valence-electron chi connectivity index (χ3n) is 6.44. The van der Waals surface area contributed by atoms with Gasteiger partial charge in [0.1, 0.15) is 18.2 Å². The van der Waals surface area contributed by atoms with Crippen molar-refractivity contribution in [3.63, 3.8) is 0 Å². The number of amides is 1. The van der Waals surface area contributed by atoms with Gasteiger partial charge in [0.2, 0.25) is 5.91 Å². The summed E-state index contributed by atoms with van der Waals surface area (Å²) in [4.78, 5) is 19.6.